The van der Waals surface area contributed by atoms with Gasteiger partial charge in [0.1, 0.15) is 34.1 Å². The molecule has 3 heterocycles. The summed E-state index contributed by atoms with van der Waals surface area (Å²) in [4.78, 5) is 17.7. The van der Waals surface area contributed by atoms with Crippen molar-refractivity contribution in [3.05, 3.63) is 96.7 Å². The maximum Gasteiger partial charge on any atom is 0.407 e. The molecule has 1 unspecified atom stereocenters. The second-order valence-electron chi connectivity index (χ2n) is 10.1. The molecule has 1 aliphatic heterocycles. The fraction of sp³-hybridized carbons (Fsp3) is 0.219. The monoisotopic (exact) mass is 565 g/mol. The van der Waals surface area contributed by atoms with Crippen molar-refractivity contribution < 1.29 is 24.1 Å². The van der Waals surface area contributed by atoms with Crippen molar-refractivity contribution in [2.75, 3.05) is 25.5 Å². The number of nitrogens with one attached hydrogen (secondary N) is 1. The third kappa shape index (κ3) is 6.07. The molecule has 0 saturated carbocycles. The maximum absolute atomic E-state index is 11.6. The Hall–Kier alpha value is -5.25. The van der Waals surface area contributed by atoms with Gasteiger partial charge in [0.25, 0.3) is 0 Å². The number of methoxy groups -OCH3 is 1. The summed E-state index contributed by atoms with van der Waals surface area (Å²) >= 11 is 0. The predicted molar refractivity (Wildman–Crippen MR) is 159 cm³/mol. The molecule has 10 nitrogen and oxygen atoms in total. The number of likely N-dealkylation sites (tertiary alicyclic amines) is 1. The highest BCUT2D eigenvalue weighted by molar-refractivity contribution is 5.93. The lowest BCUT2D eigenvalue weighted by molar-refractivity contribution is 0.133. The van der Waals surface area contributed by atoms with E-state index in [0.717, 1.165) is 35.3 Å². The molecule has 0 aliphatic carbocycles. The van der Waals surface area contributed by atoms with Crippen LogP contribution in [0.3, 0.4) is 0 Å². The van der Waals surface area contributed by atoms with Crippen LogP contribution in [0.25, 0.3) is 11.0 Å². The van der Waals surface area contributed by atoms with Gasteiger partial charge >= 0.3 is 6.09 Å². The van der Waals surface area contributed by atoms with Crippen molar-refractivity contribution >= 4 is 22.9 Å². The van der Waals surface area contributed by atoms with Gasteiger partial charge in [0, 0.05) is 31.4 Å². The van der Waals surface area contributed by atoms with Crippen molar-refractivity contribution in [3.63, 3.8) is 0 Å². The Labute approximate surface area is 243 Å². The molecule has 214 valence electrons. The number of carbonyl (C=O) groups is 1. The van der Waals surface area contributed by atoms with E-state index in [1.165, 1.54) is 4.90 Å². The number of fused-ring (bicyclic) bond motifs is 1. The lowest BCUT2D eigenvalue weighted by Gasteiger charge is -2.31. The number of hydrogen-bond acceptors (Lipinski definition) is 7. The zero-order valence-corrected chi connectivity index (χ0v) is 23.1. The predicted octanol–water partition coefficient (Wildman–Crippen LogP) is 6.63. The summed E-state index contributed by atoms with van der Waals surface area (Å²) in [5.74, 6) is 4.05. The molecule has 10 heteroatoms. The van der Waals surface area contributed by atoms with Crippen LogP contribution in [0, 0.1) is 0 Å². The number of anilines is 1. The number of aromatic nitrogens is 3. The minimum Gasteiger partial charge on any atom is -0.497 e. The van der Waals surface area contributed by atoms with Crippen LogP contribution in [0.15, 0.2) is 91.1 Å². The van der Waals surface area contributed by atoms with E-state index in [2.05, 4.69) is 10.3 Å². The number of carboxylic acid groups (broad SMARTS) is 1. The van der Waals surface area contributed by atoms with Gasteiger partial charge in [-0.25, -0.2) is 14.5 Å². The van der Waals surface area contributed by atoms with Crippen LogP contribution in [0.4, 0.5) is 10.6 Å². The minimum atomic E-state index is -0.915. The Kier molecular flexibility index (Phi) is 7.76. The molecule has 1 aliphatic rings. The van der Waals surface area contributed by atoms with Gasteiger partial charge in [-0.05, 0) is 66.9 Å². The number of piperidine rings is 1. The third-order valence-corrected chi connectivity index (χ3v) is 7.15. The van der Waals surface area contributed by atoms with E-state index in [9.17, 15) is 9.90 Å². The Morgan fingerprint density at radius 2 is 1.62 bits per heavy atom. The largest absolute Gasteiger partial charge is 0.497 e. The van der Waals surface area contributed by atoms with Gasteiger partial charge in [-0.1, -0.05) is 30.3 Å². The highest BCUT2D eigenvalue weighted by Crippen LogP contribution is 2.36. The summed E-state index contributed by atoms with van der Waals surface area (Å²) in [6.07, 6.45) is 2.39. The highest BCUT2D eigenvalue weighted by Gasteiger charge is 2.26. The maximum atomic E-state index is 11.6. The molecule has 5 aromatic rings. The summed E-state index contributed by atoms with van der Waals surface area (Å²) in [5.41, 5.74) is 1.68. The number of benzene rings is 3. The smallest absolute Gasteiger partial charge is 0.407 e. The van der Waals surface area contributed by atoms with E-state index in [0.29, 0.717) is 48.3 Å². The lowest BCUT2D eigenvalue weighted by atomic mass is 10.1. The number of pyridine rings is 1. The summed E-state index contributed by atoms with van der Waals surface area (Å²) < 4.78 is 19.4. The van der Waals surface area contributed by atoms with E-state index in [1.807, 2.05) is 89.6 Å². The Morgan fingerprint density at radius 3 is 2.33 bits per heavy atom. The quantitative estimate of drug-likeness (QED) is 0.205. The van der Waals surface area contributed by atoms with E-state index in [4.69, 9.17) is 19.3 Å². The van der Waals surface area contributed by atoms with Gasteiger partial charge in [0.15, 0.2) is 11.5 Å². The SMILES string of the molecule is COc1ccc(Cn2nc(NC3CCCN(C(=O)O)C3)c3c(Oc4ccc(Oc5ccccc5)cc4)ccnc32)cc1. The zero-order valence-electron chi connectivity index (χ0n) is 23.1. The van der Waals surface area contributed by atoms with Crippen LogP contribution >= 0.6 is 0 Å². The highest BCUT2D eigenvalue weighted by atomic mass is 16.5. The standard InChI is InChI=1S/C32H31N5O5/c1-40-24-11-9-22(10-12-24)20-37-31-29(30(35-37)34-23-6-5-19-36(21-23)32(38)39)28(17-18-33-31)42-27-15-13-26(14-16-27)41-25-7-3-2-4-8-25/h2-4,7-18,23H,5-6,19-21H2,1H3,(H,34,35)(H,38,39). The first-order valence-corrected chi connectivity index (χ1v) is 13.8. The molecule has 1 amide bonds. The van der Waals surface area contributed by atoms with Gasteiger partial charge in [0.05, 0.1) is 13.7 Å². The third-order valence-electron chi connectivity index (χ3n) is 7.15. The van der Waals surface area contributed by atoms with E-state index >= 15 is 0 Å². The van der Waals surface area contributed by atoms with Crippen molar-refractivity contribution in [3.8, 4) is 28.7 Å². The number of nitrogens with zero attached hydrogens (tertiary/aromatic N) is 4. The molecule has 6 rings (SSSR count). The summed E-state index contributed by atoms with van der Waals surface area (Å²) in [6, 6.07) is 26.5. The van der Waals surface area contributed by atoms with Crippen LogP contribution in [0.5, 0.6) is 28.7 Å². The Bertz CT molecular complexity index is 1660. The molecule has 0 bridgehead atoms. The molecule has 1 atom stereocenters. The number of amides is 1. The first-order chi connectivity index (χ1) is 20.6. The van der Waals surface area contributed by atoms with Gasteiger partial charge in [-0.3, -0.25) is 0 Å². The first-order valence-electron chi connectivity index (χ1n) is 13.8. The first kappa shape index (κ1) is 26.9. The average molecular weight is 566 g/mol. The second kappa shape index (κ2) is 12.1. The van der Waals surface area contributed by atoms with Gasteiger partial charge in [-0.2, -0.15) is 5.10 Å². The van der Waals surface area contributed by atoms with Crippen LogP contribution in [-0.2, 0) is 6.54 Å². The molecule has 1 saturated heterocycles. The van der Waals surface area contributed by atoms with Crippen molar-refractivity contribution in [1.82, 2.24) is 19.7 Å². The van der Waals surface area contributed by atoms with E-state index in [1.54, 1.807) is 13.3 Å². The Morgan fingerprint density at radius 1 is 0.929 bits per heavy atom. The molecule has 3 aromatic carbocycles. The van der Waals surface area contributed by atoms with Crippen LogP contribution in [0.1, 0.15) is 18.4 Å². The summed E-state index contributed by atoms with van der Waals surface area (Å²) in [6.45, 7) is 1.39. The molecule has 42 heavy (non-hydrogen) atoms. The fourth-order valence-electron chi connectivity index (χ4n) is 5.06. The molecular formula is C32H31N5O5. The van der Waals surface area contributed by atoms with E-state index in [-0.39, 0.29) is 6.04 Å². The number of ether oxygens (including phenoxy) is 3. The van der Waals surface area contributed by atoms with Crippen molar-refractivity contribution in [2.24, 2.45) is 0 Å². The van der Waals surface area contributed by atoms with Crippen LogP contribution in [-0.4, -0.2) is 57.1 Å². The summed E-state index contributed by atoms with van der Waals surface area (Å²) in [7, 11) is 1.64. The minimum absolute atomic E-state index is 0.0927. The van der Waals surface area contributed by atoms with E-state index < -0.39 is 6.09 Å². The molecule has 0 spiro atoms. The van der Waals surface area contributed by atoms with Crippen LogP contribution < -0.4 is 19.5 Å². The van der Waals surface area contributed by atoms with Crippen molar-refractivity contribution in [1.29, 1.82) is 0 Å². The fourth-order valence-corrected chi connectivity index (χ4v) is 5.06. The Balaban J connectivity index is 1.30. The van der Waals surface area contributed by atoms with Crippen LogP contribution in [0.2, 0.25) is 0 Å². The normalized spacial score (nSPS) is 14.9. The topological polar surface area (TPSA) is 111 Å². The zero-order chi connectivity index (χ0) is 28.9. The lowest BCUT2D eigenvalue weighted by Crippen LogP contribution is -2.44. The van der Waals surface area contributed by atoms with Crippen molar-refractivity contribution in [2.45, 2.75) is 25.4 Å². The number of rotatable bonds is 9. The molecule has 2 aromatic heterocycles. The van der Waals surface area contributed by atoms with Gasteiger partial charge in [-0.15, -0.1) is 0 Å². The number of hydrogen-bond donors (Lipinski definition) is 2. The second-order valence-corrected chi connectivity index (χ2v) is 10.1. The molecule has 2 N–H and O–H groups in total. The van der Waals surface area contributed by atoms with Gasteiger partial charge in [0.2, 0.25) is 0 Å². The molecule has 0 radical (unpaired) electrons. The summed E-state index contributed by atoms with van der Waals surface area (Å²) in [5, 5.41) is 18.7. The van der Waals surface area contributed by atoms with Gasteiger partial charge < -0.3 is 29.5 Å². The number of para-hydroxylation sites is 1. The average Bonchev–Trinajstić information content (AvgIpc) is 3.36. The molecule has 1 fully saturated rings. The molecular weight excluding hydrogens is 534 g/mol.